The Morgan fingerprint density at radius 2 is 1.19 bits per heavy atom. The van der Waals surface area contributed by atoms with E-state index >= 15 is 0 Å². The zero-order chi connectivity index (χ0) is 11.9. The molecule has 2 heteroatoms. The van der Waals surface area contributed by atoms with Crippen LogP contribution < -0.4 is 0 Å². The highest BCUT2D eigenvalue weighted by molar-refractivity contribution is 5.32. The van der Waals surface area contributed by atoms with Crippen molar-refractivity contribution in [3.63, 3.8) is 0 Å². The second kappa shape index (κ2) is 14.4. The van der Waals surface area contributed by atoms with E-state index in [9.17, 15) is 4.79 Å². The van der Waals surface area contributed by atoms with Gasteiger partial charge in [0.25, 0.3) is 0 Å². The predicted octanol–water partition coefficient (Wildman–Crippen LogP) is 4.63. The van der Waals surface area contributed by atoms with Crippen molar-refractivity contribution in [1.29, 1.82) is 0 Å². The van der Waals surface area contributed by atoms with Gasteiger partial charge in [0.05, 0.1) is 6.54 Å². The maximum Gasteiger partial charge on any atom is 0.234 e. The molecule has 0 aromatic carbocycles. The zero-order valence-electron chi connectivity index (χ0n) is 10.8. The van der Waals surface area contributed by atoms with Crippen molar-refractivity contribution in [2.75, 3.05) is 6.54 Å². The van der Waals surface area contributed by atoms with E-state index in [2.05, 4.69) is 11.9 Å². The summed E-state index contributed by atoms with van der Waals surface area (Å²) in [4.78, 5) is 13.3. The van der Waals surface area contributed by atoms with Gasteiger partial charge in [-0.1, -0.05) is 71.1 Å². The average molecular weight is 225 g/mol. The first-order valence-corrected chi connectivity index (χ1v) is 6.95. The van der Waals surface area contributed by atoms with Crippen LogP contribution in [0.5, 0.6) is 0 Å². The summed E-state index contributed by atoms with van der Waals surface area (Å²) in [6.45, 7) is 2.93. The van der Waals surface area contributed by atoms with E-state index in [4.69, 9.17) is 0 Å². The predicted molar refractivity (Wildman–Crippen MR) is 69.4 cm³/mol. The lowest BCUT2D eigenvalue weighted by Crippen LogP contribution is -1.84. The molecular formula is C14H27NO. The lowest BCUT2D eigenvalue weighted by Gasteiger charge is -2.01. The molecule has 0 radical (unpaired) electrons. The maximum atomic E-state index is 9.80. The third-order valence-corrected chi connectivity index (χ3v) is 2.94. The smallest absolute Gasteiger partial charge is 0.211 e. The normalized spacial score (nSPS) is 10.1. The molecular weight excluding hydrogens is 198 g/mol. The van der Waals surface area contributed by atoms with E-state index in [0.717, 1.165) is 6.42 Å². The fourth-order valence-electron chi connectivity index (χ4n) is 1.90. The molecule has 0 unspecified atom stereocenters. The number of isocyanates is 1. The largest absolute Gasteiger partial charge is 0.234 e. The minimum atomic E-state index is 0.667. The van der Waals surface area contributed by atoms with Crippen LogP contribution in [0.2, 0.25) is 0 Å². The van der Waals surface area contributed by atoms with Crippen molar-refractivity contribution in [3.05, 3.63) is 0 Å². The first-order valence-electron chi connectivity index (χ1n) is 6.95. The molecule has 0 aliphatic carbocycles. The van der Waals surface area contributed by atoms with Crippen LogP contribution in [0, 0.1) is 0 Å². The van der Waals surface area contributed by atoms with Crippen LogP contribution >= 0.6 is 0 Å². The Morgan fingerprint density at radius 3 is 1.62 bits per heavy atom. The van der Waals surface area contributed by atoms with Crippen molar-refractivity contribution in [2.45, 2.75) is 77.6 Å². The molecule has 0 aromatic rings. The van der Waals surface area contributed by atoms with Gasteiger partial charge < -0.3 is 0 Å². The molecule has 0 heterocycles. The SMILES string of the molecule is CCCCCCCCCCCCCN=C=O. The quantitative estimate of drug-likeness (QED) is 0.270. The van der Waals surface area contributed by atoms with Crippen LogP contribution in [-0.4, -0.2) is 12.6 Å². The van der Waals surface area contributed by atoms with Gasteiger partial charge in [0.15, 0.2) is 0 Å². The van der Waals surface area contributed by atoms with E-state index in [1.807, 2.05) is 0 Å². The standard InChI is InChI=1S/C14H27NO/c1-2-3-4-5-6-7-8-9-10-11-12-13-15-14-16/h2-13H2,1H3. The molecule has 0 saturated carbocycles. The molecule has 0 saturated heterocycles. The number of hydrogen-bond donors (Lipinski definition) is 0. The van der Waals surface area contributed by atoms with Crippen molar-refractivity contribution in [1.82, 2.24) is 0 Å². The Kier molecular flexibility index (Phi) is 13.8. The highest BCUT2D eigenvalue weighted by Gasteiger charge is 1.92. The first-order chi connectivity index (χ1) is 7.91. The molecule has 0 rings (SSSR count). The Hall–Kier alpha value is -0.620. The second-order valence-electron chi connectivity index (χ2n) is 4.51. The highest BCUT2D eigenvalue weighted by Crippen LogP contribution is 2.11. The summed E-state index contributed by atoms with van der Waals surface area (Å²) in [6, 6.07) is 0. The van der Waals surface area contributed by atoms with Gasteiger partial charge in [-0.15, -0.1) is 0 Å². The number of unbranched alkanes of at least 4 members (excludes halogenated alkanes) is 10. The van der Waals surface area contributed by atoms with Gasteiger partial charge in [-0.05, 0) is 6.42 Å². The number of nitrogens with zero attached hydrogens (tertiary/aromatic N) is 1. The lowest BCUT2D eigenvalue weighted by molar-refractivity contribution is 0.548. The summed E-state index contributed by atoms with van der Waals surface area (Å²) < 4.78 is 0. The van der Waals surface area contributed by atoms with Crippen LogP contribution in [-0.2, 0) is 4.79 Å². The van der Waals surface area contributed by atoms with E-state index < -0.39 is 0 Å². The van der Waals surface area contributed by atoms with E-state index in [1.54, 1.807) is 6.08 Å². The first kappa shape index (κ1) is 15.4. The minimum Gasteiger partial charge on any atom is -0.211 e. The van der Waals surface area contributed by atoms with Crippen molar-refractivity contribution in [3.8, 4) is 0 Å². The Bertz CT molecular complexity index is 174. The van der Waals surface area contributed by atoms with Crippen molar-refractivity contribution < 1.29 is 4.79 Å². The van der Waals surface area contributed by atoms with Gasteiger partial charge >= 0.3 is 0 Å². The molecule has 0 fully saturated rings. The number of hydrogen-bond acceptors (Lipinski definition) is 2. The molecule has 0 amide bonds. The van der Waals surface area contributed by atoms with Gasteiger partial charge in [-0.25, -0.2) is 9.79 Å². The molecule has 16 heavy (non-hydrogen) atoms. The molecule has 0 aliphatic heterocycles. The van der Waals surface area contributed by atoms with Crippen LogP contribution in [0.1, 0.15) is 77.6 Å². The highest BCUT2D eigenvalue weighted by atomic mass is 16.1. The molecule has 0 bridgehead atoms. The molecule has 2 nitrogen and oxygen atoms in total. The molecule has 0 aliphatic rings. The Labute approximate surface area is 101 Å². The fourth-order valence-corrected chi connectivity index (χ4v) is 1.90. The zero-order valence-corrected chi connectivity index (χ0v) is 10.8. The Balaban J connectivity index is 2.90. The monoisotopic (exact) mass is 225 g/mol. The summed E-state index contributed by atoms with van der Waals surface area (Å²) >= 11 is 0. The summed E-state index contributed by atoms with van der Waals surface area (Å²) in [5.41, 5.74) is 0. The van der Waals surface area contributed by atoms with Crippen molar-refractivity contribution in [2.24, 2.45) is 4.99 Å². The van der Waals surface area contributed by atoms with E-state index in [1.165, 1.54) is 64.2 Å². The summed E-state index contributed by atoms with van der Waals surface area (Å²) in [5, 5.41) is 0. The van der Waals surface area contributed by atoms with E-state index in [0.29, 0.717) is 6.54 Å². The van der Waals surface area contributed by atoms with Crippen molar-refractivity contribution >= 4 is 6.08 Å². The van der Waals surface area contributed by atoms with Crippen LogP contribution in [0.15, 0.2) is 4.99 Å². The van der Waals surface area contributed by atoms with Gasteiger partial charge in [0.1, 0.15) is 0 Å². The number of aliphatic imine (C=N–C) groups is 1. The number of carbonyl (C=O) groups excluding carboxylic acids is 1. The average Bonchev–Trinajstić information content (AvgIpc) is 2.31. The molecule has 94 valence electrons. The second-order valence-corrected chi connectivity index (χ2v) is 4.51. The third-order valence-electron chi connectivity index (χ3n) is 2.94. The topological polar surface area (TPSA) is 29.4 Å². The summed E-state index contributed by atoms with van der Waals surface area (Å²) in [7, 11) is 0. The fraction of sp³-hybridized carbons (Fsp3) is 0.929. The lowest BCUT2D eigenvalue weighted by atomic mass is 10.1. The molecule has 0 atom stereocenters. The Morgan fingerprint density at radius 1 is 0.750 bits per heavy atom. The molecule has 0 N–H and O–H groups in total. The van der Waals surface area contributed by atoms with Gasteiger partial charge in [-0.3, -0.25) is 0 Å². The van der Waals surface area contributed by atoms with Gasteiger partial charge in [0, 0.05) is 0 Å². The van der Waals surface area contributed by atoms with Gasteiger partial charge in [0.2, 0.25) is 6.08 Å². The maximum absolute atomic E-state index is 9.80. The molecule has 0 spiro atoms. The summed E-state index contributed by atoms with van der Waals surface area (Å²) in [6.07, 6.45) is 16.2. The van der Waals surface area contributed by atoms with Gasteiger partial charge in [-0.2, -0.15) is 0 Å². The number of rotatable bonds is 12. The third kappa shape index (κ3) is 13.4. The van der Waals surface area contributed by atoms with Crippen LogP contribution in [0.25, 0.3) is 0 Å². The molecule has 0 aromatic heterocycles. The van der Waals surface area contributed by atoms with Crippen LogP contribution in [0.4, 0.5) is 0 Å². The van der Waals surface area contributed by atoms with E-state index in [-0.39, 0.29) is 0 Å². The summed E-state index contributed by atoms with van der Waals surface area (Å²) in [5.74, 6) is 0. The minimum absolute atomic E-state index is 0.667. The van der Waals surface area contributed by atoms with Crippen LogP contribution in [0.3, 0.4) is 0 Å².